The number of hydrogen-bond acceptors (Lipinski definition) is 5. The summed E-state index contributed by atoms with van der Waals surface area (Å²) in [5.41, 5.74) is 1.42. The van der Waals surface area contributed by atoms with Crippen molar-refractivity contribution < 1.29 is 23.9 Å². The first-order valence-corrected chi connectivity index (χ1v) is 12.6. The van der Waals surface area contributed by atoms with Crippen LogP contribution in [0.1, 0.15) is 43.5 Å². The predicted octanol–water partition coefficient (Wildman–Crippen LogP) is 5.15. The van der Waals surface area contributed by atoms with E-state index >= 15 is 0 Å². The van der Waals surface area contributed by atoms with E-state index < -0.39 is 46.9 Å². The van der Waals surface area contributed by atoms with E-state index in [-0.39, 0.29) is 11.1 Å². The summed E-state index contributed by atoms with van der Waals surface area (Å²) in [6.45, 7) is 3.86. The van der Waals surface area contributed by atoms with E-state index in [9.17, 15) is 19.2 Å². The Hall–Kier alpha value is -4.42. The highest BCUT2D eigenvalue weighted by Gasteiger charge is 2.74. The van der Waals surface area contributed by atoms with Crippen LogP contribution in [0.15, 0.2) is 84.9 Å². The number of fused-ring (bicyclic) bond motifs is 4. The molecule has 6 nitrogen and oxygen atoms in total. The maximum atomic E-state index is 14.2. The Morgan fingerprint density at radius 1 is 0.711 bits per heavy atom. The van der Waals surface area contributed by atoms with Gasteiger partial charge >= 0.3 is 0 Å². The Kier molecular flexibility index (Phi) is 4.66. The molecule has 0 N–H and O–H groups in total. The molecule has 2 amide bonds. The Labute approximate surface area is 218 Å². The minimum Gasteiger partial charge on any atom is -0.349 e. The third-order valence-corrected chi connectivity index (χ3v) is 8.40. The molecule has 2 fully saturated rings. The number of hydrogen-bond donors (Lipinski definition) is 0. The van der Waals surface area contributed by atoms with Gasteiger partial charge in [-0.25, -0.2) is 4.90 Å². The quantitative estimate of drug-likeness (QED) is 0.280. The van der Waals surface area contributed by atoms with Gasteiger partial charge < -0.3 is 4.74 Å². The van der Waals surface area contributed by atoms with E-state index in [4.69, 9.17) is 4.74 Å². The molecular weight excluding hydrogens is 478 g/mol. The largest absolute Gasteiger partial charge is 0.349 e. The summed E-state index contributed by atoms with van der Waals surface area (Å²) in [7, 11) is 0. The molecule has 6 heteroatoms. The second-order valence-corrected chi connectivity index (χ2v) is 10.3. The molecule has 2 heterocycles. The molecule has 0 unspecified atom stereocenters. The number of carbonyl (C=O) groups is 4. The molecule has 4 aromatic carbocycles. The van der Waals surface area contributed by atoms with Crippen LogP contribution in [-0.4, -0.2) is 29.0 Å². The second kappa shape index (κ2) is 7.79. The van der Waals surface area contributed by atoms with Crippen LogP contribution in [0, 0.1) is 25.7 Å². The summed E-state index contributed by atoms with van der Waals surface area (Å²) < 4.78 is 6.48. The molecule has 2 aliphatic heterocycles. The van der Waals surface area contributed by atoms with Crippen molar-refractivity contribution in [1.29, 1.82) is 0 Å². The lowest BCUT2D eigenvalue weighted by Gasteiger charge is -2.27. The third kappa shape index (κ3) is 2.75. The van der Waals surface area contributed by atoms with Crippen molar-refractivity contribution in [2.75, 3.05) is 4.90 Å². The van der Waals surface area contributed by atoms with Crippen LogP contribution >= 0.6 is 0 Å². The van der Waals surface area contributed by atoms with Crippen LogP contribution in [0.25, 0.3) is 10.8 Å². The fourth-order valence-electron chi connectivity index (χ4n) is 6.42. The van der Waals surface area contributed by atoms with Gasteiger partial charge in [0.25, 0.3) is 0 Å². The fourth-order valence-corrected chi connectivity index (χ4v) is 6.42. The lowest BCUT2D eigenvalue weighted by atomic mass is 9.77. The van der Waals surface area contributed by atoms with Crippen molar-refractivity contribution in [3.63, 3.8) is 0 Å². The number of ether oxygens (including phenoxy) is 1. The van der Waals surface area contributed by atoms with Crippen molar-refractivity contribution >= 4 is 39.8 Å². The number of ketones is 2. The molecule has 3 atom stereocenters. The lowest BCUT2D eigenvalue weighted by molar-refractivity contribution is -0.127. The SMILES string of the molecule is Cc1ccc(N2C(=O)[C@H]3[C@@H](c4cccc5ccccc45)OC4(C(=O)c5ccccc5C4=O)[C@@H]3C2=O)cc1C. The number of imide groups is 1. The number of Topliss-reactive ketones (excluding diaryl/α,β-unsaturated/α-hetero) is 2. The molecule has 0 radical (unpaired) electrons. The van der Waals surface area contributed by atoms with Crippen molar-refractivity contribution in [3.05, 3.63) is 113 Å². The number of aryl methyl sites for hydroxylation is 2. The maximum Gasteiger partial charge on any atom is 0.241 e. The molecule has 0 aromatic heterocycles. The Bertz CT molecular complexity index is 1700. The molecule has 186 valence electrons. The number of carbonyl (C=O) groups excluding carboxylic acids is 4. The first kappa shape index (κ1) is 22.8. The molecule has 38 heavy (non-hydrogen) atoms. The van der Waals surface area contributed by atoms with E-state index in [1.54, 1.807) is 36.4 Å². The first-order chi connectivity index (χ1) is 18.3. The van der Waals surface area contributed by atoms with Crippen LogP contribution in [0.5, 0.6) is 0 Å². The minimum atomic E-state index is -2.09. The number of anilines is 1. The zero-order valence-corrected chi connectivity index (χ0v) is 20.8. The van der Waals surface area contributed by atoms with Crippen molar-refractivity contribution in [2.24, 2.45) is 11.8 Å². The van der Waals surface area contributed by atoms with Crippen molar-refractivity contribution in [1.82, 2.24) is 0 Å². The average molecular weight is 502 g/mol. The average Bonchev–Trinajstić information content (AvgIpc) is 3.50. The molecule has 3 aliphatic rings. The van der Waals surface area contributed by atoms with E-state index in [0.29, 0.717) is 11.3 Å². The summed E-state index contributed by atoms with van der Waals surface area (Å²) in [6.07, 6.45) is -0.957. The smallest absolute Gasteiger partial charge is 0.241 e. The van der Waals surface area contributed by atoms with E-state index in [2.05, 4.69) is 0 Å². The van der Waals surface area contributed by atoms with Gasteiger partial charge in [-0.05, 0) is 53.4 Å². The van der Waals surface area contributed by atoms with Gasteiger partial charge in [-0.15, -0.1) is 0 Å². The lowest BCUT2D eigenvalue weighted by Crippen LogP contribution is -2.51. The normalized spacial score (nSPS) is 23.5. The molecule has 0 bridgehead atoms. The molecule has 1 aliphatic carbocycles. The van der Waals surface area contributed by atoms with Crippen LogP contribution in [0.2, 0.25) is 0 Å². The maximum absolute atomic E-state index is 14.2. The van der Waals surface area contributed by atoms with E-state index in [1.165, 1.54) is 0 Å². The van der Waals surface area contributed by atoms with Gasteiger partial charge in [0.05, 0.1) is 23.6 Å². The van der Waals surface area contributed by atoms with Crippen LogP contribution < -0.4 is 4.90 Å². The molecule has 4 aromatic rings. The van der Waals surface area contributed by atoms with E-state index in [0.717, 1.165) is 26.8 Å². The summed E-state index contributed by atoms with van der Waals surface area (Å²) >= 11 is 0. The molecule has 2 saturated heterocycles. The Morgan fingerprint density at radius 3 is 2.08 bits per heavy atom. The third-order valence-electron chi connectivity index (χ3n) is 8.40. The first-order valence-electron chi connectivity index (χ1n) is 12.6. The zero-order valence-electron chi connectivity index (χ0n) is 20.8. The highest BCUT2D eigenvalue weighted by atomic mass is 16.5. The topological polar surface area (TPSA) is 80.8 Å². The van der Waals surface area contributed by atoms with Crippen LogP contribution in [-0.2, 0) is 14.3 Å². The number of benzene rings is 4. The van der Waals surface area contributed by atoms with Gasteiger partial charge in [0.15, 0.2) is 0 Å². The minimum absolute atomic E-state index is 0.222. The Morgan fingerprint density at radius 2 is 1.37 bits per heavy atom. The van der Waals surface area contributed by atoms with Crippen LogP contribution in [0.4, 0.5) is 5.69 Å². The van der Waals surface area contributed by atoms with Gasteiger partial charge in [0, 0.05) is 11.1 Å². The van der Waals surface area contributed by atoms with Crippen molar-refractivity contribution in [2.45, 2.75) is 25.6 Å². The van der Waals surface area contributed by atoms with Gasteiger partial charge in [-0.1, -0.05) is 72.8 Å². The van der Waals surface area contributed by atoms with Gasteiger partial charge in [-0.3, -0.25) is 19.2 Å². The number of amides is 2. The zero-order chi connectivity index (χ0) is 26.3. The second-order valence-electron chi connectivity index (χ2n) is 10.3. The van der Waals surface area contributed by atoms with Gasteiger partial charge in [-0.2, -0.15) is 0 Å². The van der Waals surface area contributed by atoms with E-state index in [1.807, 2.05) is 62.4 Å². The summed E-state index contributed by atoms with van der Waals surface area (Å²) in [5, 5.41) is 1.78. The van der Waals surface area contributed by atoms with Gasteiger partial charge in [0.1, 0.15) is 0 Å². The summed E-state index contributed by atoms with van der Waals surface area (Å²) in [6, 6.07) is 25.2. The monoisotopic (exact) mass is 501 g/mol. The standard InChI is InChI=1S/C32H23NO5/c1-17-14-15-20(16-18(17)2)33-30(36)25-26(31(33)37)32(28(34)23-11-5-6-12-24(23)29(32)35)38-27(25)22-13-7-9-19-8-3-4-10-21(19)22/h3-16,25-27H,1-2H3/t25-,26+,27-/m1/s1. The molecule has 1 spiro atoms. The number of rotatable bonds is 2. The van der Waals surface area contributed by atoms with Gasteiger partial charge in [0.2, 0.25) is 29.0 Å². The molecule has 7 rings (SSSR count). The highest BCUT2D eigenvalue weighted by molar-refractivity contribution is 6.37. The summed E-state index contributed by atoms with van der Waals surface area (Å²) in [4.78, 5) is 57.4. The summed E-state index contributed by atoms with van der Waals surface area (Å²) in [5.74, 6) is -4.46. The molecule has 0 saturated carbocycles. The highest BCUT2D eigenvalue weighted by Crippen LogP contribution is 2.58. The van der Waals surface area contributed by atoms with Crippen LogP contribution in [0.3, 0.4) is 0 Å². The fraction of sp³-hybridized carbons (Fsp3) is 0.188. The molecular formula is C32H23NO5. The predicted molar refractivity (Wildman–Crippen MR) is 141 cm³/mol. The Balaban J connectivity index is 1.46. The van der Waals surface area contributed by atoms with Crippen molar-refractivity contribution in [3.8, 4) is 0 Å². The number of nitrogens with zero attached hydrogens (tertiary/aromatic N) is 1.